The summed E-state index contributed by atoms with van der Waals surface area (Å²) in [6.45, 7) is 0.863. The van der Waals surface area contributed by atoms with Crippen molar-refractivity contribution in [2.75, 3.05) is 12.3 Å². The third kappa shape index (κ3) is 4.62. The Kier molecular flexibility index (Phi) is 5.88. The number of nitrogen functional groups attached to an aromatic ring is 1. The number of hydrogen-bond acceptors (Lipinski definition) is 4. The minimum absolute atomic E-state index is 0.0743. The fourth-order valence-corrected chi connectivity index (χ4v) is 3.22. The van der Waals surface area contributed by atoms with Crippen LogP contribution in [0.1, 0.15) is 24.8 Å². The van der Waals surface area contributed by atoms with Crippen molar-refractivity contribution < 1.29 is 4.79 Å². The second-order valence-electron chi connectivity index (χ2n) is 6.72. The minimum Gasteiger partial charge on any atom is -0.399 e. The van der Waals surface area contributed by atoms with Gasteiger partial charge in [-0.1, -0.05) is 42.8 Å². The molecule has 1 heterocycles. The van der Waals surface area contributed by atoms with Crippen molar-refractivity contribution in [3.63, 3.8) is 0 Å². The molecule has 0 bridgehead atoms. The zero-order valence-corrected chi connectivity index (χ0v) is 14.7. The highest BCUT2D eigenvalue weighted by Crippen LogP contribution is 2.21. The van der Waals surface area contributed by atoms with Gasteiger partial charge >= 0.3 is 0 Å². The Hall–Kier alpha value is -2.84. The first-order valence-corrected chi connectivity index (χ1v) is 9.04. The number of hydrogen-bond donors (Lipinski definition) is 3. The molecule has 26 heavy (non-hydrogen) atoms. The third-order valence-corrected chi connectivity index (χ3v) is 4.74. The van der Waals surface area contributed by atoms with Gasteiger partial charge in [0.1, 0.15) is 6.04 Å². The summed E-state index contributed by atoms with van der Waals surface area (Å²) in [5.41, 5.74) is 9.68. The molecular weight excluding hydrogens is 324 g/mol. The summed E-state index contributed by atoms with van der Waals surface area (Å²) in [5.74, 6) is -0.0743. The van der Waals surface area contributed by atoms with E-state index in [0.29, 0.717) is 6.42 Å². The van der Waals surface area contributed by atoms with E-state index in [0.717, 1.165) is 48.2 Å². The fourth-order valence-electron chi connectivity index (χ4n) is 3.22. The molecule has 134 valence electrons. The maximum absolute atomic E-state index is 12.3. The van der Waals surface area contributed by atoms with E-state index in [1.54, 1.807) is 0 Å². The topological polar surface area (TPSA) is 90.9 Å². The number of nitrogens with two attached hydrogens (primary N) is 1. The van der Waals surface area contributed by atoms with Crippen LogP contribution in [0.3, 0.4) is 0 Å². The number of benzene rings is 2. The second-order valence-corrected chi connectivity index (χ2v) is 6.72. The van der Waals surface area contributed by atoms with Crippen molar-refractivity contribution >= 4 is 11.6 Å². The van der Waals surface area contributed by atoms with Crippen LogP contribution in [-0.2, 0) is 11.2 Å². The van der Waals surface area contributed by atoms with Gasteiger partial charge in [0.2, 0.25) is 5.91 Å². The van der Waals surface area contributed by atoms with E-state index in [1.807, 2.05) is 48.5 Å². The number of carbonyl (C=O) groups excluding carboxylic acids is 1. The normalized spacial score (nSPS) is 17.9. The van der Waals surface area contributed by atoms with Crippen LogP contribution >= 0.6 is 0 Å². The highest BCUT2D eigenvalue weighted by atomic mass is 16.2. The first-order chi connectivity index (χ1) is 12.7. The molecule has 1 aliphatic heterocycles. The summed E-state index contributed by atoms with van der Waals surface area (Å²) < 4.78 is 0. The molecule has 2 aromatic carbocycles. The van der Waals surface area contributed by atoms with Crippen molar-refractivity contribution in [3.8, 4) is 17.2 Å². The lowest BCUT2D eigenvalue weighted by molar-refractivity contribution is -0.124. The quantitative estimate of drug-likeness (QED) is 0.725. The molecule has 5 nitrogen and oxygen atoms in total. The van der Waals surface area contributed by atoms with Gasteiger partial charge in [0.15, 0.2) is 0 Å². The maximum Gasteiger partial charge on any atom is 0.238 e. The van der Waals surface area contributed by atoms with Gasteiger partial charge in [-0.25, -0.2) is 0 Å². The molecular formula is C21H24N4O. The van der Waals surface area contributed by atoms with E-state index in [4.69, 9.17) is 5.73 Å². The van der Waals surface area contributed by atoms with Crippen LogP contribution in [-0.4, -0.2) is 24.5 Å². The van der Waals surface area contributed by atoms with Gasteiger partial charge in [-0.15, -0.1) is 0 Å². The highest BCUT2D eigenvalue weighted by molar-refractivity contribution is 5.82. The second kappa shape index (κ2) is 8.50. The number of carbonyl (C=O) groups is 1. The van der Waals surface area contributed by atoms with Gasteiger partial charge in [-0.2, -0.15) is 5.26 Å². The summed E-state index contributed by atoms with van der Waals surface area (Å²) in [6, 6.07) is 17.3. The van der Waals surface area contributed by atoms with Crippen LogP contribution in [0.4, 0.5) is 5.69 Å². The zero-order chi connectivity index (χ0) is 18.4. The summed E-state index contributed by atoms with van der Waals surface area (Å²) in [5, 5.41) is 15.5. The molecule has 4 N–H and O–H groups in total. The van der Waals surface area contributed by atoms with Gasteiger partial charge in [-0.3, -0.25) is 4.79 Å². The average Bonchev–Trinajstić information content (AvgIpc) is 2.69. The Labute approximate surface area is 154 Å². The molecule has 1 aliphatic rings. The van der Waals surface area contributed by atoms with Crippen LogP contribution in [0.5, 0.6) is 0 Å². The van der Waals surface area contributed by atoms with Crippen molar-refractivity contribution in [1.82, 2.24) is 10.6 Å². The maximum atomic E-state index is 12.3. The van der Waals surface area contributed by atoms with Gasteiger partial charge in [0, 0.05) is 12.1 Å². The van der Waals surface area contributed by atoms with E-state index >= 15 is 0 Å². The van der Waals surface area contributed by atoms with Gasteiger partial charge < -0.3 is 16.4 Å². The molecule has 2 aromatic rings. The molecule has 1 amide bonds. The Balaban J connectivity index is 1.60. The fraction of sp³-hybridized carbons (Fsp3) is 0.333. The molecule has 0 aliphatic carbocycles. The lowest BCUT2D eigenvalue weighted by atomic mass is 10.00. The van der Waals surface area contributed by atoms with Crippen molar-refractivity contribution in [1.29, 1.82) is 5.26 Å². The van der Waals surface area contributed by atoms with Crippen LogP contribution in [0.15, 0.2) is 48.5 Å². The van der Waals surface area contributed by atoms with Crippen molar-refractivity contribution in [2.45, 2.75) is 37.8 Å². The molecule has 0 aromatic heterocycles. The highest BCUT2D eigenvalue weighted by Gasteiger charge is 2.22. The van der Waals surface area contributed by atoms with E-state index in [1.165, 1.54) is 0 Å². The van der Waals surface area contributed by atoms with Crippen LogP contribution < -0.4 is 16.4 Å². The first-order valence-electron chi connectivity index (χ1n) is 9.04. The molecule has 3 rings (SSSR count). The zero-order valence-electron chi connectivity index (χ0n) is 14.7. The summed E-state index contributed by atoms with van der Waals surface area (Å²) in [7, 11) is 0. The molecule has 0 saturated carbocycles. The lowest BCUT2D eigenvalue weighted by Crippen LogP contribution is -2.49. The Morgan fingerprint density at radius 3 is 2.38 bits per heavy atom. The number of nitriles is 1. The predicted octanol–water partition coefficient (Wildman–Crippen LogP) is 2.63. The smallest absolute Gasteiger partial charge is 0.238 e. The molecule has 0 unspecified atom stereocenters. The molecule has 1 fully saturated rings. The summed E-state index contributed by atoms with van der Waals surface area (Å²) in [6.07, 6.45) is 3.48. The van der Waals surface area contributed by atoms with Gasteiger partial charge in [0.05, 0.1) is 12.1 Å². The van der Waals surface area contributed by atoms with Crippen molar-refractivity contribution in [2.24, 2.45) is 0 Å². The Morgan fingerprint density at radius 2 is 1.81 bits per heavy atom. The number of rotatable bonds is 5. The number of anilines is 1. The molecule has 2 atom stereocenters. The van der Waals surface area contributed by atoms with E-state index in [-0.39, 0.29) is 11.9 Å². The summed E-state index contributed by atoms with van der Waals surface area (Å²) in [4.78, 5) is 12.3. The van der Waals surface area contributed by atoms with E-state index in [9.17, 15) is 10.1 Å². The van der Waals surface area contributed by atoms with Crippen LogP contribution in [0.2, 0.25) is 0 Å². The number of amides is 1. The van der Waals surface area contributed by atoms with Gasteiger partial charge in [-0.05, 0) is 48.2 Å². The number of nitrogens with zero attached hydrogens (tertiary/aromatic N) is 1. The number of piperidine rings is 1. The SMILES string of the molecule is N#C[C@H](Cc1ccc(-c2ccc(N)cc2)cc1)NC(=O)[C@@H]1CCCCN1. The Bertz CT molecular complexity index is 771. The van der Waals surface area contributed by atoms with E-state index < -0.39 is 6.04 Å². The Morgan fingerprint density at radius 1 is 1.15 bits per heavy atom. The largest absolute Gasteiger partial charge is 0.399 e. The molecule has 0 radical (unpaired) electrons. The lowest BCUT2D eigenvalue weighted by Gasteiger charge is -2.23. The first kappa shape index (κ1) is 18.0. The van der Waals surface area contributed by atoms with Crippen molar-refractivity contribution in [3.05, 3.63) is 54.1 Å². The van der Waals surface area contributed by atoms with Gasteiger partial charge in [0.25, 0.3) is 0 Å². The van der Waals surface area contributed by atoms with Crippen LogP contribution in [0.25, 0.3) is 11.1 Å². The molecule has 0 spiro atoms. The van der Waals surface area contributed by atoms with Crippen LogP contribution in [0, 0.1) is 11.3 Å². The molecule has 5 heteroatoms. The monoisotopic (exact) mass is 348 g/mol. The summed E-state index contributed by atoms with van der Waals surface area (Å²) >= 11 is 0. The molecule has 1 saturated heterocycles. The average molecular weight is 348 g/mol. The number of nitrogens with one attached hydrogen (secondary N) is 2. The third-order valence-electron chi connectivity index (χ3n) is 4.74. The minimum atomic E-state index is -0.520. The standard InChI is InChI=1S/C21H24N4O/c22-14-19(25-21(26)20-3-1-2-12-24-20)13-15-4-6-16(7-5-15)17-8-10-18(23)11-9-17/h4-11,19-20,24H,1-3,12-13,23H2,(H,25,26)/t19-,20-/m0/s1. The van der Waals surface area contributed by atoms with E-state index in [2.05, 4.69) is 16.7 Å². The predicted molar refractivity (Wildman–Crippen MR) is 103 cm³/mol.